The number of phenolic OH excluding ortho intramolecular Hbond substituents is 1. The van der Waals surface area contributed by atoms with Gasteiger partial charge in [0, 0.05) is 29.4 Å². The SMILES string of the molecule is CCn1cc(C(=O)c2cc(C(C)(C)C)c(O)c(C(C)(C)C)c2)c(Br)c1Br. The summed E-state index contributed by atoms with van der Waals surface area (Å²) in [6.45, 7) is 15.1. The van der Waals surface area contributed by atoms with Crippen LogP contribution < -0.4 is 0 Å². The molecule has 0 fully saturated rings. The molecule has 26 heavy (non-hydrogen) atoms. The van der Waals surface area contributed by atoms with Gasteiger partial charge in [0.1, 0.15) is 5.75 Å². The van der Waals surface area contributed by atoms with Crippen LogP contribution in [0.5, 0.6) is 5.75 Å². The molecule has 2 rings (SSSR count). The molecule has 1 aromatic heterocycles. The van der Waals surface area contributed by atoms with Gasteiger partial charge in [0.2, 0.25) is 0 Å². The van der Waals surface area contributed by atoms with Crippen molar-refractivity contribution in [3.05, 3.63) is 49.7 Å². The van der Waals surface area contributed by atoms with E-state index in [1.807, 2.05) is 71.4 Å². The van der Waals surface area contributed by atoms with E-state index in [1.54, 1.807) is 0 Å². The number of halogens is 2. The standard InChI is InChI=1S/C21H27Br2NO2/c1-8-24-11-13(16(22)19(24)23)17(25)12-9-14(20(2,3)4)18(26)15(10-12)21(5,6)7/h9-11,26H,8H2,1-7H3. The highest BCUT2D eigenvalue weighted by Crippen LogP contribution is 2.40. The fourth-order valence-electron chi connectivity index (χ4n) is 2.96. The number of phenols is 1. The Balaban J connectivity index is 2.72. The van der Waals surface area contributed by atoms with E-state index in [0.717, 1.165) is 26.7 Å². The van der Waals surface area contributed by atoms with Crippen LogP contribution in [0.2, 0.25) is 0 Å². The van der Waals surface area contributed by atoms with Gasteiger partial charge in [-0.05, 0) is 61.7 Å². The van der Waals surface area contributed by atoms with Gasteiger partial charge in [0.05, 0.1) is 14.6 Å². The Hall–Kier alpha value is -1.07. The highest BCUT2D eigenvalue weighted by molar-refractivity contribution is 9.13. The summed E-state index contributed by atoms with van der Waals surface area (Å²) in [7, 11) is 0. The van der Waals surface area contributed by atoms with Gasteiger partial charge in [0.25, 0.3) is 0 Å². The molecule has 0 aliphatic carbocycles. The maximum atomic E-state index is 13.3. The molecule has 2 aromatic rings. The molecule has 142 valence electrons. The zero-order valence-corrected chi connectivity index (χ0v) is 19.7. The summed E-state index contributed by atoms with van der Waals surface area (Å²) in [6, 6.07) is 3.66. The Bertz CT molecular complexity index is 817. The monoisotopic (exact) mass is 483 g/mol. The first-order valence-electron chi connectivity index (χ1n) is 8.75. The van der Waals surface area contributed by atoms with Gasteiger partial charge in [0.15, 0.2) is 5.78 Å². The number of aryl methyl sites for hydroxylation is 1. The van der Waals surface area contributed by atoms with Crippen LogP contribution in [-0.2, 0) is 17.4 Å². The lowest BCUT2D eigenvalue weighted by Gasteiger charge is -2.28. The first-order valence-corrected chi connectivity index (χ1v) is 10.3. The molecule has 0 saturated heterocycles. The number of nitrogens with zero attached hydrogens (tertiary/aromatic N) is 1. The number of carbonyl (C=O) groups excluding carboxylic acids is 1. The molecule has 1 N–H and O–H groups in total. The molecule has 5 heteroatoms. The van der Waals surface area contributed by atoms with E-state index in [0.29, 0.717) is 11.1 Å². The third-order valence-electron chi connectivity index (χ3n) is 4.53. The predicted octanol–water partition coefficient (Wildman–Crippen LogP) is 6.56. The highest BCUT2D eigenvalue weighted by Gasteiger charge is 2.29. The number of carbonyl (C=O) groups is 1. The van der Waals surface area contributed by atoms with Crippen LogP contribution in [0.4, 0.5) is 0 Å². The molecule has 1 aromatic carbocycles. The van der Waals surface area contributed by atoms with Gasteiger partial charge >= 0.3 is 0 Å². The molecule has 0 spiro atoms. The predicted molar refractivity (Wildman–Crippen MR) is 114 cm³/mol. The molecule has 0 unspecified atom stereocenters. The Morgan fingerprint density at radius 3 is 1.85 bits per heavy atom. The summed E-state index contributed by atoms with van der Waals surface area (Å²) in [5.74, 6) is 0.230. The fraction of sp³-hybridized carbons (Fsp3) is 0.476. The van der Waals surface area contributed by atoms with Crippen molar-refractivity contribution in [1.82, 2.24) is 4.57 Å². The number of aromatic nitrogens is 1. The molecule has 0 aliphatic heterocycles. The largest absolute Gasteiger partial charge is 0.507 e. The van der Waals surface area contributed by atoms with Crippen LogP contribution in [0.3, 0.4) is 0 Å². The number of ketones is 1. The van der Waals surface area contributed by atoms with E-state index in [4.69, 9.17) is 0 Å². The van der Waals surface area contributed by atoms with Crippen LogP contribution in [0.15, 0.2) is 27.4 Å². The lowest BCUT2D eigenvalue weighted by molar-refractivity contribution is 0.103. The van der Waals surface area contributed by atoms with Gasteiger partial charge in [-0.15, -0.1) is 0 Å². The molecule has 1 heterocycles. The molecule has 0 amide bonds. The Labute approximate surface area is 173 Å². The maximum Gasteiger partial charge on any atom is 0.195 e. The number of benzene rings is 1. The van der Waals surface area contributed by atoms with E-state index in [2.05, 4.69) is 31.9 Å². The van der Waals surface area contributed by atoms with E-state index < -0.39 is 0 Å². The Kier molecular flexibility index (Phi) is 5.84. The third kappa shape index (κ3) is 3.94. The van der Waals surface area contributed by atoms with Crippen molar-refractivity contribution in [2.45, 2.75) is 65.8 Å². The second kappa shape index (κ2) is 7.16. The molecule has 0 atom stereocenters. The van der Waals surface area contributed by atoms with Crippen molar-refractivity contribution in [2.24, 2.45) is 0 Å². The summed E-state index contributed by atoms with van der Waals surface area (Å²) in [6.07, 6.45) is 1.86. The topological polar surface area (TPSA) is 42.2 Å². The van der Waals surface area contributed by atoms with Gasteiger partial charge in [-0.3, -0.25) is 4.79 Å². The summed E-state index contributed by atoms with van der Waals surface area (Å²) in [5.41, 5.74) is 2.25. The Morgan fingerprint density at radius 1 is 1.04 bits per heavy atom. The lowest BCUT2D eigenvalue weighted by atomic mass is 9.78. The zero-order chi connectivity index (χ0) is 20.0. The van der Waals surface area contributed by atoms with Gasteiger partial charge in [-0.1, -0.05) is 41.5 Å². The van der Waals surface area contributed by atoms with Crippen molar-refractivity contribution < 1.29 is 9.90 Å². The molecule has 0 saturated carbocycles. The first-order chi connectivity index (χ1) is 11.8. The fourth-order valence-corrected chi connectivity index (χ4v) is 4.04. The smallest absolute Gasteiger partial charge is 0.195 e. The van der Waals surface area contributed by atoms with Crippen molar-refractivity contribution in [3.63, 3.8) is 0 Å². The molecule has 0 bridgehead atoms. The average molecular weight is 485 g/mol. The average Bonchev–Trinajstić information content (AvgIpc) is 2.80. The normalized spacial score (nSPS) is 12.5. The van der Waals surface area contributed by atoms with Crippen molar-refractivity contribution >= 4 is 37.6 Å². The number of rotatable bonds is 3. The lowest BCUT2D eigenvalue weighted by Crippen LogP contribution is -2.19. The quantitative estimate of drug-likeness (QED) is 0.501. The third-order valence-corrected chi connectivity index (χ3v) is 6.71. The van der Waals surface area contributed by atoms with Crippen LogP contribution in [-0.4, -0.2) is 15.5 Å². The minimum absolute atomic E-state index is 0.0548. The van der Waals surface area contributed by atoms with Crippen LogP contribution in [0.1, 0.15) is 75.5 Å². The summed E-state index contributed by atoms with van der Waals surface area (Å²) >= 11 is 7.06. The first kappa shape index (κ1) is 21.2. The van der Waals surface area contributed by atoms with Crippen molar-refractivity contribution in [3.8, 4) is 5.75 Å². The van der Waals surface area contributed by atoms with Crippen molar-refractivity contribution in [2.75, 3.05) is 0 Å². The molecule has 0 aliphatic rings. The van der Waals surface area contributed by atoms with Crippen LogP contribution in [0.25, 0.3) is 0 Å². The Morgan fingerprint density at radius 2 is 1.50 bits per heavy atom. The number of hydrogen-bond donors (Lipinski definition) is 1. The van der Waals surface area contributed by atoms with E-state index >= 15 is 0 Å². The minimum atomic E-state index is -0.270. The molecule has 3 nitrogen and oxygen atoms in total. The summed E-state index contributed by atoms with van der Waals surface area (Å²) < 4.78 is 3.59. The van der Waals surface area contributed by atoms with E-state index in [1.165, 1.54) is 0 Å². The minimum Gasteiger partial charge on any atom is -0.507 e. The van der Waals surface area contributed by atoms with Gasteiger partial charge < -0.3 is 9.67 Å². The van der Waals surface area contributed by atoms with Crippen LogP contribution >= 0.6 is 31.9 Å². The molecular formula is C21H27Br2NO2. The van der Waals surface area contributed by atoms with Gasteiger partial charge in [-0.25, -0.2) is 0 Å². The molecular weight excluding hydrogens is 458 g/mol. The molecule has 0 radical (unpaired) electrons. The van der Waals surface area contributed by atoms with E-state index in [9.17, 15) is 9.90 Å². The van der Waals surface area contributed by atoms with Gasteiger partial charge in [-0.2, -0.15) is 0 Å². The zero-order valence-electron chi connectivity index (χ0n) is 16.5. The number of aromatic hydroxyl groups is 1. The summed E-state index contributed by atoms with van der Waals surface area (Å²) in [5, 5.41) is 10.8. The second-order valence-electron chi connectivity index (χ2n) is 8.68. The number of hydrogen-bond acceptors (Lipinski definition) is 2. The van der Waals surface area contributed by atoms with Crippen molar-refractivity contribution in [1.29, 1.82) is 0 Å². The highest BCUT2D eigenvalue weighted by atomic mass is 79.9. The second-order valence-corrected chi connectivity index (χ2v) is 10.2. The van der Waals surface area contributed by atoms with Crippen LogP contribution in [0, 0.1) is 0 Å². The van der Waals surface area contributed by atoms with E-state index in [-0.39, 0.29) is 22.4 Å². The maximum absolute atomic E-state index is 13.3. The summed E-state index contributed by atoms with van der Waals surface area (Å²) in [4.78, 5) is 13.3.